The van der Waals surface area contributed by atoms with Crippen LogP contribution in [0.15, 0.2) is 30.5 Å². The molecule has 0 N–H and O–H groups in total. The van der Waals surface area contributed by atoms with Crippen LogP contribution in [0.1, 0.15) is 52.2 Å². The molecular weight excluding hydrogens is 355 g/mol. The number of para-hydroxylation sites is 1. The Hall–Kier alpha value is -2.31. The molecular formula is C20H26F3N3O. The van der Waals surface area contributed by atoms with Gasteiger partial charge in [0.1, 0.15) is 5.56 Å². The van der Waals surface area contributed by atoms with Crippen LogP contribution in [0.4, 0.5) is 24.7 Å². The van der Waals surface area contributed by atoms with E-state index in [-0.39, 0.29) is 23.3 Å². The summed E-state index contributed by atoms with van der Waals surface area (Å²) in [6.45, 7) is 9.78. The molecule has 0 aliphatic heterocycles. The summed E-state index contributed by atoms with van der Waals surface area (Å²) in [5, 5.41) is 0. The van der Waals surface area contributed by atoms with Crippen molar-refractivity contribution in [3.8, 4) is 6.01 Å². The Labute approximate surface area is 158 Å². The number of halogens is 3. The zero-order valence-electron chi connectivity index (χ0n) is 16.6. The summed E-state index contributed by atoms with van der Waals surface area (Å²) in [5.74, 6) is -0.229. The summed E-state index contributed by atoms with van der Waals surface area (Å²) in [6, 6.07) is 7.31. The molecule has 0 radical (unpaired) electrons. The normalized spacial score (nSPS) is 13.4. The summed E-state index contributed by atoms with van der Waals surface area (Å²) in [7, 11) is 1.58. The first-order chi connectivity index (χ1) is 12.4. The van der Waals surface area contributed by atoms with Crippen molar-refractivity contribution in [2.24, 2.45) is 0 Å². The maximum absolute atomic E-state index is 13.6. The minimum absolute atomic E-state index is 0.0626. The summed E-state index contributed by atoms with van der Waals surface area (Å²) < 4.78 is 46.3. The first-order valence-electron chi connectivity index (χ1n) is 8.89. The van der Waals surface area contributed by atoms with Gasteiger partial charge < -0.3 is 9.64 Å². The van der Waals surface area contributed by atoms with Crippen LogP contribution in [-0.2, 0) is 11.6 Å². The Balaban J connectivity index is 2.60. The fourth-order valence-electron chi connectivity index (χ4n) is 2.65. The van der Waals surface area contributed by atoms with Crippen molar-refractivity contribution in [3.05, 3.63) is 41.6 Å². The van der Waals surface area contributed by atoms with Crippen LogP contribution in [0, 0.1) is 0 Å². The second-order valence-electron chi connectivity index (χ2n) is 7.55. The predicted molar refractivity (Wildman–Crippen MR) is 101 cm³/mol. The van der Waals surface area contributed by atoms with E-state index in [1.54, 1.807) is 19.2 Å². The molecule has 1 aromatic heterocycles. The van der Waals surface area contributed by atoms with E-state index in [1.165, 1.54) is 4.90 Å². The number of rotatable bonds is 5. The highest BCUT2D eigenvalue weighted by atomic mass is 19.4. The molecule has 0 amide bonds. The number of aromatic nitrogens is 2. The molecule has 0 spiro atoms. The molecule has 0 fully saturated rings. The van der Waals surface area contributed by atoms with E-state index in [0.29, 0.717) is 12.1 Å². The highest BCUT2D eigenvalue weighted by Crippen LogP contribution is 2.40. The molecule has 1 unspecified atom stereocenters. The Kier molecular flexibility index (Phi) is 6.02. The lowest BCUT2D eigenvalue weighted by atomic mass is 9.85. The lowest BCUT2D eigenvalue weighted by molar-refractivity contribution is -0.137. The third kappa shape index (κ3) is 4.90. The first kappa shape index (κ1) is 21.0. The second kappa shape index (κ2) is 7.74. The predicted octanol–water partition coefficient (Wildman–Crippen LogP) is 5.74. The molecule has 4 nitrogen and oxygen atoms in total. The fourth-order valence-corrected chi connectivity index (χ4v) is 2.65. The van der Waals surface area contributed by atoms with Gasteiger partial charge in [0.05, 0.1) is 6.10 Å². The van der Waals surface area contributed by atoms with E-state index in [0.717, 1.165) is 11.8 Å². The number of benzene rings is 1. The minimum Gasteiger partial charge on any atom is -0.460 e. The van der Waals surface area contributed by atoms with Crippen molar-refractivity contribution in [1.82, 2.24) is 9.97 Å². The Morgan fingerprint density at radius 1 is 1.11 bits per heavy atom. The van der Waals surface area contributed by atoms with Crippen LogP contribution in [0.25, 0.3) is 0 Å². The number of alkyl halides is 3. The van der Waals surface area contributed by atoms with Crippen LogP contribution in [0.3, 0.4) is 0 Å². The van der Waals surface area contributed by atoms with E-state index in [9.17, 15) is 13.2 Å². The van der Waals surface area contributed by atoms with Crippen molar-refractivity contribution in [2.45, 2.75) is 58.7 Å². The van der Waals surface area contributed by atoms with Gasteiger partial charge in [-0.2, -0.15) is 18.2 Å². The monoisotopic (exact) mass is 381 g/mol. The number of ether oxygens (including phenoxy) is 1. The summed E-state index contributed by atoms with van der Waals surface area (Å²) >= 11 is 0. The minimum atomic E-state index is -4.57. The van der Waals surface area contributed by atoms with Gasteiger partial charge in [-0.15, -0.1) is 0 Å². The molecule has 0 saturated heterocycles. The number of hydrogen-bond acceptors (Lipinski definition) is 4. The Bertz CT molecular complexity index is 785. The highest BCUT2D eigenvalue weighted by molar-refractivity contribution is 5.67. The first-order valence-corrected chi connectivity index (χ1v) is 8.89. The summed E-state index contributed by atoms with van der Waals surface area (Å²) in [4.78, 5) is 9.31. The quantitative estimate of drug-likeness (QED) is 0.662. The zero-order valence-corrected chi connectivity index (χ0v) is 16.6. The molecule has 1 atom stereocenters. The summed E-state index contributed by atoms with van der Waals surface area (Å²) in [6.07, 6.45) is -3.28. The van der Waals surface area contributed by atoms with Crippen molar-refractivity contribution >= 4 is 11.5 Å². The number of hydrogen-bond donors (Lipinski definition) is 0. The molecule has 7 heteroatoms. The molecule has 0 aliphatic carbocycles. The van der Waals surface area contributed by atoms with Crippen molar-refractivity contribution in [3.63, 3.8) is 0 Å². The Morgan fingerprint density at radius 2 is 1.74 bits per heavy atom. The van der Waals surface area contributed by atoms with Gasteiger partial charge in [-0.25, -0.2) is 4.98 Å². The van der Waals surface area contributed by atoms with Crippen molar-refractivity contribution in [2.75, 3.05) is 11.9 Å². The van der Waals surface area contributed by atoms with Crippen LogP contribution >= 0.6 is 0 Å². The average Bonchev–Trinajstić information content (AvgIpc) is 2.59. The van der Waals surface area contributed by atoms with Crippen LogP contribution in [-0.4, -0.2) is 23.1 Å². The van der Waals surface area contributed by atoms with Crippen LogP contribution < -0.4 is 9.64 Å². The van der Waals surface area contributed by atoms with Gasteiger partial charge in [-0.05, 0) is 30.4 Å². The topological polar surface area (TPSA) is 38.2 Å². The largest absolute Gasteiger partial charge is 0.460 e. The molecule has 1 aromatic carbocycles. The zero-order chi connectivity index (χ0) is 20.4. The molecule has 2 aromatic rings. The molecule has 1 heterocycles. The molecule has 0 aliphatic rings. The summed E-state index contributed by atoms with van der Waals surface area (Å²) in [5.41, 5.74) is 0.435. The van der Waals surface area contributed by atoms with Gasteiger partial charge in [-0.1, -0.05) is 45.9 Å². The number of nitrogens with zero attached hydrogens (tertiary/aromatic N) is 3. The SMILES string of the molecule is CCC(C)Oc1ncc(C(F)(F)F)c(N(C)c2ccccc2C(C)(C)C)n1. The second-order valence-corrected chi connectivity index (χ2v) is 7.55. The average molecular weight is 381 g/mol. The van der Waals surface area contributed by atoms with E-state index in [1.807, 2.05) is 46.8 Å². The van der Waals surface area contributed by atoms with Crippen LogP contribution in [0.5, 0.6) is 6.01 Å². The smallest absolute Gasteiger partial charge is 0.421 e. The third-order valence-electron chi connectivity index (χ3n) is 4.32. The van der Waals surface area contributed by atoms with Crippen molar-refractivity contribution in [1.29, 1.82) is 0 Å². The molecule has 0 saturated carbocycles. The molecule has 27 heavy (non-hydrogen) atoms. The van der Waals surface area contributed by atoms with Gasteiger partial charge >= 0.3 is 12.2 Å². The van der Waals surface area contributed by atoms with E-state index in [4.69, 9.17) is 4.74 Å². The highest BCUT2D eigenvalue weighted by Gasteiger charge is 2.37. The van der Waals surface area contributed by atoms with Gasteiger partial charge in [0.15, 0.2) is 5.82 Å². The van der Waals surface area contributed by atoms with E-state index < -0.39 is 11.7 Å². The van der Waals surface area contributed by atoms with Crippen molar-refractivity contribution < 1.29 is 17.9 Å². The van der Waals surface area contributed by atoms with Gasteiger partial charge in [0.2, 0.25) is 0 Å². The molecule has 2 rings (SSSR count). The molecule has 0 bridgehead atoms. The number of anilines is 2. The maximum atomic E-state index is 13.6. The van der Waals surface area contributed by atoms with Gasteiger partial charge in [0.25, 0.3) is 0 Å². The van der Waals surface area contributed by atoms with Gasteiger partial charge in [-0.3, -0.25) is 0 Å². The lowest BCUT2D eigenvalue weighted by Gasteiger charge is -2.29. The molecule has 148 valence electrons. The van der Waals surface area contributed by atoms with E-state index >= 15 is 0 Å². The Morgan fingerprint density at radius 3 is 2.30 bits per heavy atom. The lowest BCUT2D eigenvalue weighted by Crippen LogP contribution is -2.23. The maximum Gasteiger partial charge on any atom is 0.421 e. The third-order valence-corrected chi connectivity index (χ3v) is 4.32. The van der Waals surface area contributed by atoms with Gasteiger partial charge in [0, 0.05) is 18.9 Å². The fraction of sp³-hybridized carbons (Fsp3) is 0.500. The standard InChI is InChI=1S/C20H26F3N3O/c1-7-13(2)27-18-24-12-15(20(21,22)23)17(25-18)26(6)16-11-9-8-10-14(16)19(3,4)5/h8-13H,7H2,1-6H3. The van der Waals surface area contributed by atoms with E-state index in [2.05, 4.69) is 9.97 Å². The van der Waals surface area contributed by atoms with Crippen LogP contribution in [0.2, 0.25) is 0 Å².